The molecule has 1 rings (SSSR count). The van der Waals surface area contributed by atoms with Gasteiger partial charge in [-0.25, -0.2) is 8.42 Å². The Morgan fingerprint density at radius 1 is 1.50 bits per heavy atom. The zero-order valence-corrected chi connectivity index (χ0v) is 11.1. The third-order valence-corrected chi connectivity index (χ3v) is 9.23. The van der Waals surface area contributed by atoms with E-state index < -0.39 is 18.4 Å². The van der Waals surface area contributed by atoms with Crippen molar-refractivity contribution < 1.29 is 12.3 Å². The predicted molar refractivity (Wildman–Crippen MR) is 60.2 cm³/mol. The van der Waals surface area contributed by atoms with E-state index in [2.05, 4.69) is 13.5 Å². The van der Waals surface area contributed by atoms with Crippen LogP contribution in [0.15, 0.2) is 0 Å². The summed E-state index contributed by atoms with van der Waals surface area (Å²) >= 11 is 0. The molecular weight excluding hydrogens is 216 g/mol. The highest BCUT2D eigenvalue weighted by atomic mass is 32.2. The maximum Gasteiger partial charge on any atom is 0.258 e. The van der Waals surface area contributed by atoms with Gasteiger partial charge in [-0.3, -0.25) is 0 Å². The normalized spacial score (nSPS) is 36.9. The average Bonchev–Trinajstić information content (AvgIpc) is 1.96. The summed E-state index contributed by atoms with van der Waals surface area (Å²) in [5, 5.41) is 0. The van der Waals surface area contributed by atoms with Gasteiger partial charge in [0, 0.05) is 0 Å². The summed E-state index contributed by atoms with van der Waals surface area (Å²) in [6, 6.07) is 1.97. The van der Waals surface area contributed by atoms with E-state index in [0.717, 1.165) is 24.9 Å². The Morgan fingerprint density at radius 3 is 2.64 bits per heavy atom. The lowest BCUT2D eigenvalue weighted by atomic mass is 10.3. The molecule has 0 amide bonds. The number of rotatable bonds is 3. The molecule has 3 nitrogen and oxygen atoms in total. The lowest BCUT2D eigenvalue weighted by Gasteiger charge is -2.34. The van der Waals surface area contributed by atoms with Gasteiger partial charge >= 0.3 is 0 Å². The zero-order chi connectivity index (χ0) is 10.8. The van der Waals surface area contributed by atoms with Crippen LogP contribution in [0.5, 0.6) is 0 Å². The molecule has 84 valence electrons. The first-order valence-corrected chi connectivity index (χ1v) is 9.70. The molecule has 2 unspecified atom stereocenters. The lowest BCUT2D eigenvalue weighted by Crippen LogP contribution is -2.45. The molecule has 0 spiro atoms. The molecule has 1 aliphatic heterocycles. The van der Waals surface area contributed by atoms with Crippen LogP contribution in [-0.4, -0.2) is 22.5 Å². The molecule has 1 fully saturated rings. The van der Waals surface area contributed by atoms with Crippen LogP contribution < -0.4 is 0 Å². The van der Waals surface area contributed by atoms with Crippen molar-refractivity contribution in [1.82, 2.24) is 0 Å². The maximum atomic E-state index is 11.5. The van der Waals surface area contributed by atoms with E-state index in [1.807, 2.05) is 6.92 Å². The molecule has 1 saturated heterocycles. The summed E-state index contributed by atoms with van der Waals surface area (Å²) in [6.45, 7) is 6.19. The third-order valence-electron chi connectivity index (χ3n) is 2.66. The highest BCUT2D eigenvalue weighted by Crippen LogP contribution is 2.32. The van der Waals surface area contributed by atoms with E-state index in [9.17, 15) is 8.42 Å². The summed E-state index contributed by atoms with van der Waals surface area (Å²) in [6.07, 6.45) is 2.20. The van der Waals surface area contributed by atoms with Crippen LogP contribution in [0.1, 0.15) is 26.7 Å². The second-order valence-corrected chi connectivity index (χ2v) is 10.6. The fourth-order valence-electron chi connectivity index (χ4n) is 2.21. The predicted octanol–water partition coefficient (Wildman–Crippen LogP) is 2.36. The van der Waals surface area contributed by atoms with Gasteiger partial charge in [-0.2, -0.15) is 0 Å². The van der Waals surface area contributed by atoms with Crippen molar-refractivity contribution >= 4 is 18.4 Å². The van der Waals surface area contributed by atoms with Crippen molar-refractivity contribution in [1.29, 1.82) is 0 Å². The number of hydrogen-bond acceptors (Lipinski definition) is 3. The summed E-state index contributed by atoms with van der Waals surface area (Å²) < 4.78 is 28.2. The Kier molecular flexibility index (Phi) is 3.77. The van der Waals surface area contributed by atoms with Crippen LogP contribution in [0.4, 0.5) is 0 Å². The third kappa shape index (κ3) is 3.36. The first kappa shape index (κ1) is 12.2. The van der Waals surface area contributed by atoms with Gasteiger partial charge in [0.15, 0.2) is 0 Å². The van der Waals surface area contributed by atoms with Crippen LogP contribution >= 0.6 is 0 Å². The molecule has 5 heteroatoms. The van der Waals surface area contributed by atoms with E-state index >= 15 is 0 Å². The van der Waals surface area contributed by atoms with Gasteiger partial charge < -0.3 is 3.87 Å². The van der Waals surface area contributed by atoms with Crippen LogP contribution in [0.25, 0.3) is 0 Å². The van der Waals surface area contributed by atoms with Gasteiger partial charge in [-0.15, -0.1) is 0 Å². The molecule has 0 aromatic carbocycles. The standard InChI is InChI=1S/C9H20O3SSi/c1-4-5-6-14(3)8-9(2)7-13(10,11)12-14/h9H,4-8H2,1-3H3. The number of unbranched alkanes of at least 4 members (excludes halogenated alkanes) is 1. The molecule has 1 aliphatic rings. The van der Waals surface area contributed by atoms with E-state index in [1.165, 1.54) is 0 Å². The molecule has 2 atom stereocenters. The molecule has 0 N–H and O–H groups in total. The molecule has 0 aliphatic carbocycles. The zero-order valence-electron chi connectivity index (χ0n) is 9.25. The van der Waals surface area contributed by atoms with Gasteiger partial charge in [-0.05, 0) is 24.6 Å². The van der Waals surface area contributed by atoms with E-state index in [4.69, 9.17) is 3.87 Å². The highest BCUT2D eigenvalue weighted by molar-refractivity contribution is 7.87. The molecule has 0 aromatic heterocycles. The second kappa shape index (κ2) is 4.33. The van der Waals surface area contributed by atoms with E-state index in [-0.39, 0.29) is 11.7 Å². The molecule has 0 radical (unpaired) electrons. The van der Waals surface area contributed by atoms with Crippen molar-refractivity contribution in [2.75, 3.05) is 5.75 Å². The molecule has 0 bridgehead atoms. The minimum absolute atomic E-state index is 0.210. The van der Waals surface area contributed by atoms with Crippen molar-refractivity contribution in [2.45, 2.75) is 45.3 Å². The largest absolute Gasteiger partial charge is 0.315 e. The second-order valence-electron chi connectivity index (χ2n) is 4.67. The summed E-state index contributed by atoms with van der Waals surface area (Å²) in [5.41, 5.74) is 0. The molecular formula is C9H20O3SSi. The van der Waals surface area contributed by atoms with Crippen molar-refractivity contribution in [3.05, 3.63) is 0 Å². The quantitative estimate of drug-likeness (QED) is 0.707. The monoisotopic (exact) mass is 236 g/mol. The lowest BCUT2D eigenvalue weighted by molar-refractivity contribution is 0.438. The summed E-state index contributed by atoms with van der Waals surface area (Å²) in [4.78, 5) is 0. The van der Waals surface area contributed by atoms with Gasteiger partial charge in [0.2, 0.25) is 8.32 Å². The molecule has 14 heavy (non-hydrogen) atoms. The van der Waals surface area contributed by atoms with Crippen molar-refractivity contribution in [3.8, 4) is 0 Å². The van der Waals surface area contributed by atoms with Gasteiger partial charge in [0.25, 0.3) is 10.1 Å². The Balaban J connectivity index is 2.69. The first-order valence-electron chi connectivity index (χ1n) is 5.30. The Morgan fingerprint density at radius 2 is 2.14 bits per heavy atom. The molecule has 0 aromatic rings. The van der Waals surface area contributed by atoms with Crippen LogP contribution in [0, 0.1) is 5.92 Å². The fraction of sp³-hybridized carbons (Fsp3) is 1.00. The minimum atomic E-state index is -3.21. The SMILES string of the molecule is CCCC[Si]1(C)CC(C)CS(=O)(=O)O1. The molecule has 0 saturated carbocycles. The fourth-order valence-corrected chi connectivity index (χ4v) is 9.49. The summed E-state index contributed by atoms with van der Waals surface area (Å²) in [5.74, 6) is 0.490. The average molecular weight is 236 g/mol. The van der Waals surface area contributed by atoms with Crippen LogP contribution in [-0.2, 0) is 14.0 Å². The minimum Gasteiger partial charge on any atom is -0.315 e. The number of hydrogen-bond donors (Lipinski definition) is 0. The first-order chi connectivity index (χ1) is 6.37. The Hall–Kier alpha value is 0.127. The summed E-state index contributed by atoms with van der Waals surface area (Å²) in [7, 11) is -5.15. The maximum absolute atomic E-state index is 11.5. The Labute approximate surface area is 88.1 Å². The Bertz CT molecular complexity index is 288. The van der Waals surface area contributed by atoms with E-state index in [0.29, 0.717) is 0 Å². The molecule has 1 heterocycles. The highest BCUT2D eigenvalue weighted by Gasteiger charge is 2.41. The van der Waals surface area contributed by atoms with Crippen LogP contribution in [0.3, 0.4) is 0 Å². The topological polar surface area (TPSA) is 43.4 Å². The van der Waals surface area contributed by atoms with Gasteiger partial charge in [-0.1, -0.05) is 26.7 Å². The van der Waals surface area contributed by atoms with Gasteiger partial charge in [0.1, 0.15) is 0 Å². The van der Waals surface area contributed by atoms with Gasteiger partial charge in [0.05, 0.1) is 5.75 Å². The van der Waals surface area contributed by atoms with Crippen molar-refractivity contribution in [2.24, 2.45) is 5.92 Å². The van der Waals surface area contributed by atoms with E-state index in [1.54, 1.807) is 0 Å². The van der Waals surface area contributed by atoms with Crippen molar-refractivity contribution in [3.63, 3.8) is 0 Å². The van der Waals surface area contributed by atoms with Crippen LogP contribution in [0.2, 0.25) is 18.6 Å². The smallest absolute Gasteiger partial charge is 0.258 e.